The van der Waals surface area contributed by atoms with Gasteiger partial charge < -0.3 is 15.4 Å². The summed E-state index contributed by atoms with van der Waals surface area (Å²) in [7, 11) is 1.81. The van der Waals surface area contributed by atoms with Crippen molar-refractivity contribution in [2.24, 2.45) is 5.73 Å². The second kappa shape index (κ2) is 6.22. The largest absolute Gasteiger partial charge is 0.493 e. The molecule has 2 unspecified atom stereocenters. The zero-order chi connectivity index (χ0) is 14.7. The molecule has 0 spiro atoms. The van der Waals surface area contributed by atoms with E-state index in [9.17, 15) is 4.79 Å². The first-order chi connectivity index (χ1) is 9.50. The fraction of sp³-hybridized carbons (Fsp3) is 0.467. The molecule has 108 valence electrons. The number of amides is 1. The van der Waals surface area contributed by atoms with Gasteiger partial charge in [0.2, 0.25) is 5.91 Å². The van der Waals surface area contributed by atoms with Gasteiger partial charge in [0.15, 0.2) is 0 Å². The molecule has 0 fully saturated rings. The average molecular weight is 292 g/mol. The smallest absolute Gasteiger partial charge is 0.230 e. The topological polar surface area (TPSA) is 55.6 Å². The standard InChI is InChI=1S/C15H20N2O2S/c1-10(9-14(16)20)17(2)15(18)12-7-8-19-13-6-4-3-5-11(12)13/h3-6,10,12H,7-9H2,1-2H3,(H2,16,20). The van der Waals surface area contributed by atoms with Gasteiger partial charge in [-0.25, -0.2) is 0 Å². The van der Waals surface area contributed by atoms with Crippen molar-refractivity contribution in [3.8, 4) is 5.75 Å². The highest BCUT2D eigenvalue weighted by Gasteiger charge is 2.31. The highest BCUT2D eigenvalue weighted by atomic mass is 32.1. The van der Waals surface area contributed by atoms with Gasteiger partial charge in [-0.1, -0.05) is 30.4 Å². The first-order valence-corrected chi connectivity index (χ1v) is 7.18. The van der Waals surface area contributed by atoms with Gasteiger partial charge in [-0.15, -0.1) is 0 Å². The number of benzene rings is 1. The molecular weight excluding hydrogens is 272 g/mol. The monoisotopic (exact) mass is 292 g/mol. The van der Waals surface area contributed by atoms with Gasteiger partial charge in [0, 0.05) is 25.1 Å². The van der Waals surface area contributed by atoms with Gasteiger partial charge in [0.05, 0.1) is 17.5 Å². The summed E-state index contributed by atoms with van der Waals surface area (Å²) in [5, 5.41) is 0. The van der Waals surface area contributed by atoms with Crippen LogP contribution < -0.4 is 10.5 Å². The molecular formula is C15H20N2O2S. The Kier molecular flexibility index (Phi) is 4.60. The molecule has 1 aromatic carbocycles. The second-order valence-electron chi connectivity index (χ2n) is 5.20. The Morgan fingerprint density at radius 2 is 2.25 bits per heavy atom. The van der Waals surface area contributed by atoms with Crippen molar-refractivity contribution in [2.75, 3.05) is 13.7 Å². The number of nitrogens with zero attached hydrogens (tertiary/aromatic N) is 1. The van der Waals surface area contributed by atoms with Crippen molar-refractivity contribution < 1.29 is 9.53 Å². The Labute approximate surface area is 124 Å². The van der Waals surface area contributed by atoms with Crippen molar-refractivity contribution in [2.45, 2.75) is 31.7 Å². The number of likely N-dealkylation sites (N-methyl/N-ethyl adjacent to an activating group) is 1. The van der Waals surface area contributed by atoms with Gasteiger partial charge in [-0.05, 0) is 19.4 Å². The summed E-state index contributed by atoms with van der Waals surface area (Å²) in [6.45, 7) is 2.53. The lowest BCUT2D eigenvalue weighted by atomic mass is 9.91. The summed E-state index contributed by atoms with van der Waals surface area (Å²) in [5.74, 6) is 0.774. The predicted octanol–water partition coefficient (Wildman–Crippen LogP) is 2.08. The Balaban J connectivity index is 2.16. The fourth-order valence-corrected chi connectivity index (χ4v) is 2.73. The van der Waals surface area contributed by atoms with E-state index in [0.717, 1.165) is 11.3 Å². The van der Waals surface area contributed by atoms with Gasteiger partial charge in [0.1, 0.15) is 5.75 Å². The van der Waals surface area contributed by atoms with Crippen LogP contribution in [0, 0.1) is 0 Å². The van der Waals surface area contributed by atoms with E-state index in [1.165, 1.54) is 0 Å². The van der Waals surface area contributed by atoms with Crippen LogP contribution in [0.3, 0.4) is 0 Å². The first-order valence-electron chi connectivity index (χ1n) is 6.77. The lowest BCUT2D eigenvalue weighted by Gasteiger charge is -2.31. The maximum absolute atomic E-state index is 12.7. The number of hydrogen-bond donors (Lipinski definition) is 1. The van der Waals surface area contributed by atoms with Crippen LogP contribution in [0.25, 0.3) is 0 Å². The zero-order valence-corrected chi connectivity index (χ0v) is 12.7. The van der Waals surface area contributed by atoms with E-state index in [2.05, 4.69) is 0 Å². The number of ether oxygens (including phenoxy) is 1. The molecule has 2 atom stereocenters. The maximum Gasteiger partial charge on any atom is 0.230 e. The van der Waals surface area contributed by atoms with Crippen LogP contribution >= 0.6 is 12.2 Å². The number of para-hydroxylation sites is 1. The van der Waals surface area contributed by atoms with E-state index in [1.54, 1.807) is 4.90 Å². The van der Waals surface area contributed by atoms with Crippen molar-refractivity contribution in [3.63, 3.8) is 0 Å². The number of rotatable bonds is 4. The highest BCUT2D eigenvalue weighted by molar-refractivity contribution is 7.80. The number of thiocarbonyl (C=S) groups is 1. The number of carbonyl (C=O) groups excluding carboxylic acids is 1. The number of hydrogen-bond acceptors (Lipinski definition) is 3. The minimum Gasteiger partial charge on any atom is -0.493 e. The summed E-state index contributed by atoms with van der Waals surface area (Å²) in [6, 6.07) is 7.74. The van der Waals surface area contributed by atoms with Crippen LogP contribution in [0.2, 0.25) is 0 Å². The molecule has 1 amide bonds. The van der Waals surface area contributed by atoms with Crippen LogP contribution in [0.5, 0.6) is 5.75 Å². The van der Waals surface area contributed by atoms with E-state index in [4.69, 9.17) is 22.7 Å². The Bertz CT molecular complexity index is 518. The van der Waals surface area contributed by atoms with E-state index < -0.39 is 0 Å². The molecule has 5 heteroatoms. The summed E-state index contributed by atoms with van der Waals surface area (Å²) in [4.78, 5) is 14.8. The molecule has 1 aliphatic rings. The normalized spacial score (nSPS) is 18.6. The van der Waals surface area contributed by atoms with E-state index in [-0.39, 0.29) is 17.9 Å². The summed E-state index contributed by atoms with van der Waals surface area (Å²) >= 11 is 4.92. The molecule has 1 aliphatic heterocycles. The predicted molar refractivity (Wildman–Crippen MR) is 82.9 cm³/mol. The maximum atomic E-state index is 12.7. The van der Waals surface area contributed by atoms with Crippen molar-refractivity contribution in [1.82, 2.24) is 4.90 Å². The lowest BCUT2D eigenvalue weighted by Crippen LogP contribution is -2.41. The summed E-state index contributed by atoms with van der Waals surface area (Å²) < 4.78 is 5.60. The van der Waals surface area contributed by atoms with Gasteiger partial charge in [-0.2, -0.15) is 0 Å². The molecule has 0 radical (unpaired) electrons. The zero-order valence-electron chi connectivity index (χ0n) is 11.8. The molecule has 2 rings (SSSR count). The molecule has 2 N–H and O–H groups in total. The third-order valence-electron chi connectivity index (χ3n) is 3.76. The number of carbonyl (C=O) groups is 1. The molecule has 0 aliphatic carbocycles. The summed E-state index contributed by atoms with van der Waals surface area (Å²) in [5.41, 5.74) is 6.53. The van der Waals surface area contributed by atoms with Crippen LogP contribution in [0.1, 0.15) is 31.2 Å². The quantitative estimate of drug-likeness (QED) is 0.863. The van der Waals surface area contributed by atoms with Gasteiger partial charge in [0.25, 0.3) is 0 Å². The molecule has 0 saturated heterocycles. The Morgan fingerprint density at radius 1 is 1.55 bits per heavy atom. The molecule has 20 heavy (non-hydrogen) atoms. The number of nitrogens with two attached hydrogens (primary N) is 1. The van der Waals surface area contributed by atoms with Crippen LogP contribution in [0.4, 0.5) is 0 Å². The fourth-order valence-electron chi connectivity index (χ4n) is 2.49. The van der Waals surface area contributed by atoms with Crippen LogP contribution in [-0.2, 0) is 4.79 Å². The van der Waals surface area contributed by atoms with Crippen molar-refractivity contribution >= 4 is 23.1 Å². The molecule has 0 bridgehead atoms. The average Bonchev–Trinajstić information content (AvgIpc) is 2.44. The molecule has 1 aromatic rings. The third kappa shape index (κ3) is 3.10. The van der Waals surface area contributed by atoms with Crippen LogP contribution in [0.15, 0.2) is 24.3 Å². The Hall–Kier alpha value is -1.62. The second-order valence-corrected chi connectivity index (χ2v) is 5.72. The molecule has 4 nitrogen and oxygen atoms in total. The van der Waals surface area contributed by atoms with E-state index in [0.29, 0.717) is 24.4 Å². The minimum atomic E-state index is -0.140. The van der Waals surface area contributed by atoms with E-state index >= 15 is 0 Å². The van der Waals surface area contributed by atoms with Crippen molar-refractivity contribution in [1.29, 1.82) is 0 Å². The molecule has 0 aromatic heterocycles. The molecule has 1 heterocycles. The lowest BCUT2D eigenvalue weighted by molar-refractivity contribution is -0.133. The van der Waals surface area contributed by atoms with Gasteiger partial charge in [-0.3, -0.25) is 4.79 Å². The molecule has 0 saturated carbocycles. The van der Waals surface area contributed by atoms with Crippen molar-refractivity contribution in [3.05, 3.63) is 29.8 Å². The van der Waals surface area contributed by atoms with E-state index in [1.807, 2.05) is 38.2 Å². The SMILES string of the molecule is CC(CC(N)=S)N(C)C(=O)C1CCOc2ccccc21. The minimum absolute atomic E-state index is 0.00927. The number of fused-ring (bicyclic) bond motifs is 1. The summed E-state index contributed by atoms with van der Waals surface area (Å²) in [6.07, 6.45) is 1.25. The highest BCUT2D eigenvalue weighted by Crippen LogP contribution is 2.34. The third-order valence-corrected chi connectivity index (χ3v) is 3.93. The Morgan fingerprint density at radius 3 is 2.95 bits per heavy atom. The van der Waals surface area contributed by atoms with Crippen LogP contribution in [-0.4, -0.2) is 35.5 Å². The first kappa shape index (κ1) is 14.8. The van der Waals surface area contributed by atoms with Gasteiger partial charge >= 0.3 is 0 Å².